The van der Waals surface area contributed by atoms with Gasteiger partial charge < -0.3 is 14.8 Å². The van der Waals surface area contributed by atoms with Crippen LogP contribution >= 0.6 is 0 Å². The quantitative estimate of drug-likeness (QED) is 0.842. The second kappa shape index (κ2) is 3.97. The highest BCUT2D eigenvalue weighted by Gasteiger charge is 2.33. The molecule has 94 valence electrons. The summed E-state index contributed by atoms with van der Waals surface area (Å²) in [5, 5.41) is 0.947. The highest BCUT2D eigenvalue weighted by molar-refractivity contribution is 5.92. The smallest absolute Gasteiger partial charge is 0.245 e. The van der Waals surface area contributed by atoms with E-state index >= 15 is 0 Å². The third-order valence-electron chi connectivity index (χ3n) is 3.53. The van der Waals surface area contributed by atoms with Gasteiger partial charge in [0.25, 0.3) is 0 Å². The SMILES string of the molecule is CN1CCC(N(C)c2ncnc3[nH]ccc23)C1=O. The molecule has 6 heteroatoms. The summed E-state index contributed by atoms with van der Waals surface area (Å²) in [7, 11) is 3.75. The van der Waals surface area contributed by atoms with Crippen LogP contribution in [0, 0.1) is 0 Å². The first-order chi connectivity index (χ1) is 8.68. The van der Waals surface area contributed by atoms with Gasteiger partial charge in [-0.1, -0.05) is 0 Å². The van der Waals surface area contributed by atoms with Gasteiger partial charge in [-0.3, -0.25) is 4.79 Å². The van der Waals surface area contributed by atoms with Gasteiger partial charge in [0.2, 0.25) is 5.91 Å². The Labute approximate surface area is 105 Å². The van der Waals surface area contributed by atoms with Gasteiger partial charge in [0.15, 0.2) is 0 Å². The van der Waals surface area contributed by atoms with Crippen LogP contribution in [0.5, 0.6) is 0 Å². The first-order valence-electron chi connectivity index (χ1n) is 5.94. The zero-order valence-corrected chi connectivity index (χ0v) is 10.4. The van der Waals surface area contributed by atoms with Gasteiger partial charge in [0.05, 0.1) is 5.39 Å². The zero-order chi connectivity index (χ0) is 12.7. The molecule has 1 unspecified atom stereocenters. The Morgan fingerprint density at radius 1 is 1.50 bits per heavy atom. The molecule has 3 heterocycles. The van der Waals surface area contributed by atoms with Crippen molar-refractivity contribution in [2.75, 3.05) is 25.5 Å². The number of rotatable bonds is 2. The molecule has 1 atom stereocenters. The Morgan fingerprint density at radius 3 is 3.06 bits per heavy atom. The molecule has 6 nitrogen and oxygen atoms in total. The number of H-pyrrole nitrogens is 1. The molecule has 0 saturated carbocycles. The van der Waals surface area contributed by atoms with E-state index in [-0.39, 0.29) is 11.9 Å². The van der Waals surface area contributed by atoms with Crippen molar-refractivity contribution in [2.45, 2.75) is 12.5 Å². The first kappa shape index (κ1) is 11.0. The summed E-state index contributed by atoms with van der Waals surface area (Å²) in [6.45, 7) is 0.801. The van der Waals surface area contributed by atoms with E-state index in [2.05, 4.69) is 15.0 Å². The monoisotopic (exact) mass is 245 g/mol. The highest BCUT2D eigenvalue weighted by Crippen LogP contribution is 2.25. The maximum Gasteiger partial charge on any atom is 0.245 e. The van der Waals surface area contributed by atoms with E-state index in [4.69, 9.17) is 0 Å². The molecule has 2 aromatic rings. The molecule has 3 rings (SSSR count). The van der Waals surface area contributed by atoms with Gasteiger partial charge in [-0.2, -0.15) is 0 Å². The van der Waals surface area contributed by atoms with E-state index in [0.29, 0.717) is 0 Å². The maximum absolute atomic E-state index is 12.0. The van der Waals surface area contributed by atoms with Crippen LogP contribution < -0.4 is 4.90 Å². The normalized spacial score (nSPS) is 19.8. The van der Waals surface area contributed by atoms with Gasteiger partial charge in [0.1, 0.15) is 23.8 Å². The fourth-order valence-corrected chi connectivity index (χ4v) is 2.45. The minimum Gasteiger partial charge on any atom is -0.347 e. The Kier molecular flexibility index (Phi) is 2.43. The lowest BCUT2D eigenvalue weighted by Crippen LogP contribution is -2.39. The lowest BCUT2D eigenvalue weighted by Gasteiger charge is -2.24. The minimum atomic E-state index is -0.122. The Balaban J connectivity index is 1.99. The molecule has 1 saturated heterocycles. The van der Waals surface area contributed by atoms with Crippen molar-refractivity contribution in [1.29, 1.82) is 0 Å². The van der Waals surface area contributed by atoms with Gasteiger partial charge in [0, 0.05) is 26.8 Å². The van der Waals surface area contributed by atoms with Crippen LogP contribution in [-0.4, -0.2) is 52.4 Å². The van der Waals surface area contributed by atoms with Crippen LogP contribution in [0.25, 0.3) is 11.0 Å². The third kappa shape index (κ3) is 1.53. The second-order valence-corrected chi connectivity index (χ2v) is 4.61. The number of fused-ring (bicyclic) bond motifs is 1. The molecule has 0 aromatic carbocycles. The van der Waals surface area contributed by atoms with Gasteiger partial charge in [-0.15, -0.1) is 0 Å². The van der Waals surface area contributed by atoms with Crippen molar-refractivity contribution in [2.24, 2.45) is 0 Å². The zero-order valence-electron chi connectivity index (χ0n) is 10.4. The van der Waals surface area contributed by atoms with E-state index in [1.807, 2.05) is 31.3 Å². The van der Waals surface area contributed by atoms with Gasteiger partial charge in [-0.05, 0) is 12.5 Å². The summed E-state index contributed by atoms with van der Waals surface area (Å²) in [6, 6.07) is 1.81. The van der Waals surface area contributed by atoms with Crippen LogP contribution in [0.4, 0.5) is 5.82 Å². The standard InChI is InChI=1S/C12H15N5O/c1-16-6-4-9(12(16)18)17(2)11-8-3-5-13-10(8)14-7-15-11/h3,5,7,9H,4,6H2,1-2H3,(H,13,14,15). The largest absolute Gasteiger partial charge is 0.347 e. The Morgan fingerprint density at radius 2 is 2.33 bits per heavy atom. The van der Waals surface area contributed by atoms with Gasteiger partial charge >= 0.3 is 0 Å². The summed E-state index contributed by atoms with van der Waals surface area (Å²) >= 11 is 0. The average Bonchev–Trinajstić information content (AvgIpc) is 2.96. The number of nitrogens with zero attached hydrogens (tertiary/aromatic N) is 4. The van der Waals surface area contributed by atoms with Crippen LogP contribution in [0.2, 0.25) is 0 Å². The van der Waals surface area contributed by atoms with E-state index in [1.54, 1.807) is 4.90 Å². The van der Waals surface area contributed by atoms with Crippen molar-refractivity contribution in [3.63, 3.8) is 0 Å². The molecule has 0 spiro atoms. The number of aromatic amines is 1. The molecular weight excluding hydrogens is 230 g/mol. The Hall–Kier alpha value is -2.11. The first-order valence-corrected chi connectivity index (χ1v) is 5.94. The molecule has 2 aromatic heterocycles. The number of aromatic nitrogens is 3. The van der Waals surface area contributed by atoms with Crippen LogP contribution in [0.1, 0.15) is 6.42 Å². The average molecular weight is 245 g/mol. The molecule has 1 amide bonds. The number of anilines is 1. The van der Waals surface area contributed by atoms with Crippen LogP contribution in [0.3, 0.4) is 0 Å². The highest BCUT2D eigenvalue weighted by atomic mass is 16.2. The van der Waals surface area contributed by atoms with E-state index in [0.717, 1.165) is 29.8 Å². The summed E-state index contributed by atoms with van der Waals surface area (Å²) in [4.78, 5) is 27.3. The number of likely N-dealkylation sites (N-methyl/N-ethyl adjacent to an activating group) is 2. The number of carbonyl (C=O) groups excluding carboxylic acids is 1. The predicted molar refractivity (Wildman–Crippen MR) is 68.3 cm³/mol. The number of amides is 1. The molecule has 1 fully saturated rings. The van der Waals surface area contributed by atoms with Gasteiger partial charge in [-0.25, -0.2) is 9.97 Å². The molecule has 0 radical (unpaired) electrons. The molecule has 1 aliphatic heterocycles. The van der Waals surface area contributed by atoms with E-state index < -0.39 is 0 Å². The molecule has 18 heavy (non-hydrogen) atoms. The Bertz CT molecular complexity index is 593. The third-order valence-corrected chi connectivity index (χ3v) is 3.53. The van der Waals surface area contributed by atoms with Crippen molar-refractivity contribution < 1.29 is 4.79 Å². The molecule has 1 aliphatic rings. The van der Waals surface area contributed by atoms with Crippen molar-refractivity contribution >= 4 is 22.8 Å². The van der Waals surface area contributed by atoms with E-state index in [1.165, 1.54) is 6.33 Å². The maximum atomic E-state index is 12.0. The summed E-state index contributed by atoms with van der Waals surface area (Å²) in [5.74, 6) is 0.953. The number of carbonyl (C=O) groups is 1. The molecule has 0 aliphatic carbocycles. The molecule has 1 N–H and O–H groups in total. The number of hydrogen-bond donors (Lipinski definition) is 1. The lowest BCUT2D eigenvalue weighted by atomic mass is 10.2. The number of nitrogens with one attached hydrogen (secondary N) is 1. The number of hydrogen-bond acceptors (Lipinski definition) is 4. The van der Waals surface area contributed by atoms with E-state index in [9.17, 15) is 4.79 Å². The summed E-state index contributed by atoms with van der Waals surface area (Å²) < 4.78 is 0. The lowest BCUT2D eigenvalue weighted by molar-refractivity contribution is -0.127. The predicted octanol–water partition coefficient (Wildman–Crippen LogP) is 0.625. The van der Waals surface area contributed by atoms with Crippen LogP contribution in [-0.2, 0) is 4.79 Å². The van der Waals surface area contributed by atoms with Crippen molar-refractivity contribution in [3.05, 3.63) is 18.6 Å². The van der Waals surface area contributed by atoms with Crippen LogP contribution in [0.15, 0.2) is 18.6 Å². The van der Waals surface area contributed by atoms with Crippen molar-refractivity contribution in [3.8, 4) is 0 Å². The molecular formula is C12H15N5O. The van der Waals surface area contributed by atoms with Crippen molar-refractivity contribution in [1.82, 2.24) is 19.9 Å². The summed E-state index contributed by atoms with van der Waals surface area (Å²) in [5.41, 5.74) is 0.797. The topological polar surface area (TPSA) is 65.1 Å². The fraction of sp³-hybridized carbons (Fsp3) is 0.417. The second-order valence-electron chi connectivity index (χ2n) is 4.61. The fourth-order valence-electron chi connectivity index (χ4n) is 2.45. The molecule has 0 bridgehead atoms. The number of likely N-dealkylation sites (tertiary alicyclic amines) is 1. The summed E-state index contributed by atoms with van der Waals surface area (Å²) in [6.07, 6.45) is 4.19. The minimum absolute atomic E-state index is 0.122.